The first-order valence-corrected chi connectivity index (χ1v) is 8.25. The SMILES string of the molecule is CC(C)N(CCn1c(N)nc2cc(I)c(F)cc21)C(C)C. The van der Waals surface area contributed by atoms with Gasteiger partial charge in [-0.1, -0.05) is 0 Å². The fraction of sp³-hybridized carbons (Fsp3) is 0.533. The third-order valence-electron chi connectivity index (χ3n) is 3.73. The Morgan fingerprint density at radius 2 is 1.90 bits per heavy atom. The van der Waals surface area contributed by atoms with Crippen LogP contribution in [0.1, 0.15) is 27.7 Å². The average molecular weight is 404 g/mol. The molecule has 0 bridgehead atoms. The standard InChI is InChI=1S/C15H22FIN4/c1-9(2)20(10(3)4)5-6-21-14-7-11(16)12(17)8-13(14)19-15(21)18/h7-10H,5-6H2,1-4H3,(H2,18,19). The van der Waals surface area contributed by atoms with E-state index in [0.29, 0.717) is 28.1 Å². The Morgan fingerprint density at radius 1 is 1.29 bits per heavy atom. The van der Waals surface area contributed by atoms with E-state index in [1.807, 2.05) is 27.2 Å². The first-order valence-electron chi connectivity index (χ1n) is 7.17. The number of aromatic nitrogens is 2. The number of halogens is 2. The highest BCUT2D eigenvalue weighted by molar-refractivity contribution is 14.1. The van der Waals surface area contributed by atoms with E-state index in [1.165, 1.54) is 6.07 Å². The fourth-order valence-corrected chi connectivity index (χ4v) is 3.15. The van der Waals surface area contributed by atoms with Gasteiger partial charge in [-0.05, 0) is 56.4 Å². The zero-order valence-corrected chi connectivity index (χ0v) is 15.1. The van der Waals surface area contributed by atoms with Crippen LogP contribution < -0.4 is 5.73 Å². The Morgan fingerprint density at radius 3 is 2.48 bits per heavy atom. The van der Waals surface area contributed by atoms with Gasteiger partial charge in [0.15, 0.2) is 0 Å². The number of nitrogens with two attached hydrogens (primary N) is 1. The summed E-state index contributed by atoms with van der Waals surface area (Å²) in [6, 6.07) is 4.17. The number of imidazole rings is 1. The van der Waals surface area contributed by atoms with Gasteiger partial charge >= 0.3 is 0 Å². The highest BCUT2D eigenvalue weighted by atomic mass is 127. The summed E-state index contributed by atoms with van der Waals surface area (Å²) in [5.74, 6) is 0.215. The van der Waals surface area contributed by atoms with Crippen LogP contribution in [0.25, 0.3) is 11.0 Å². The summed E-state index contributed by atoms with van der Waals surface area (Å²) in [6.45, 7) is 10.3. The molecule has 1 aromatic carbocycles. The van der Waals surface area contributed by atoms with Crippen molar-refractivity contribution in [2.45, 2.75) is 46.3 Å². The fourth-order valence-electron chi connectivity index (χ4n) is 2.70. The van der Waals surface area contributed by atoms with Crippen LogP contribution in [0.3, 0.4) is 0 Å². The van der Waals surface area contributed by atoms with E-state index in [9.17, 15) is 4.39 Å². The zero-order chi connectivity index (χ0) is 15.7. The lowest BCUT2D eigenvalue weighted by Crippen LogP contribution is -2.39. The summed E-state index contributed by atoms with van der Waals surface area (Å²) in [5.41, 5.74) is 7.51. The van der Waals surface area contributed by atoms with Crippen molar-refractivity contribution in [3.8, 4) is 0 Å². The minimum absolute atomic E-state index is 0.228. The second-order valence-corrected chi connectivity index (χ2v) is 6.96. The van der Waals surface area contributed by atoms with Gasteiger partial charge in [-0.2, -0.15) is 0 Å². The third-order valence-corrected chi connectivity index (χ3v) is 4.55. The third kappa shape index (κ3) is 3.48. The molecule has 0 aliphatic carbocycles. The van der Waals surface area contributed by atoms with E-state index in [0.717, 1.165) is 17.6 Å². The minimum Gasteiger partial charge on any atom is -0.369 e. The molecule has 0 saturated carbocycles. The quantitative estimate of drug-likeness (QED) is 0.777. The predicted molar refractivity (Wildman–Crippen MR) is 93.8 cm³/mol. The summed E-state index contributed by atoms with van der Waals surface area (Å²) >= 11 is 1.97. The summed E-state index contributed by atoms with van der Waals surface area (Å²) in [7, 11) is 0. The summed E-state index contributed by atoms with van der Waals surface area (Å²) in [4.78, 5) is 6.72. The molecule has 0 fully saturated rings. The largest absolute Gasteiger partial charge is 0.369 e. The second-order valence-electron chi connectivity index (χ2n) is 5.80. The molecule has 0 aliphatic heterocycles. The Hall–Kier alpha value is -0.890. The molecule has 2 N–H and O–H groups in total. The van der Waals surface area contributed by atoms with Gasteiger partial charge in [-0.25, -0.2) is 9.37 Å². The second kappa shape index (κ2) is 6.48. The van der Waals surface area contributed by atoms with Gasteiger partial charge < -0.3 is 10.3 Å². The van der Waals surface area contributed by atoms with Crippen LogP contribution in [0.5, 0.6) is 0 Å². The molecule has 21 heavy (non-hydrogen) atoms. The molecule has 116 valence electrons. The number of rotatable bonds is 5. The normalized spacial score (nSPS) is 12.2. The van der Waals surface area contributed by atoms with Crippen molar-refractivity contribution in [3.05, 3.63) is 21.5 Å². The zero-order valence-electron chi connectivity index (χ0n) is 12.9. The van der Waals surface area contributed by atoms with E-state index < -0.39 is 0 Å². The molecule has 6 heteroatoms. The molecule has 0 unspecified atom stereocenters. The minimum atomic E-state index is -0.228. The number of hydrogen-bond donors (Lipinski definition) is 1. The van der Waals surface area contributed by atoms with Crippen molar-refractivity contribution in [1.82, 2.24) is 14.5 Å². The Balaban J connectivity index is 2.30. The number of nitrogen functional groups attached to an aromatic ring is 1. The predicted octanol–water partition coefficient (Wildman–Crippen LogP) is 3.48. The van der Waals surface area contributed by atoms with E-state index in [4.69, 9.17) is 5.73 Å². The molecule has 1 heterocycles. The van der Waals surface area contributed by atoms with Crippen molar-refractivity contribution >= 4 is 39.6 Å². The number of fused-ring (bicyclic) bond motifs is 1. The molecule has 2 aromatic rings. The molecule has 1 aromatic heterocycles. The van der Waals surface area contributed by atoms with E-state index in [-0.39, 0.29) is 5.82 Å². The number of hydrogen-bond acceptors (Lipinski definition) is 3. The summed E-state index contributed by atoms with van der Waals surface area (Å²) in [6.07, 6.45) is 0. The molecule has 0 radical (unpaired) electrons. The number of nitrogens with zero attached hydrogens (tertiary/aromatic N) is 3. The lowest BCUT2D eigenvalue weighted by atomic mass is 10.2. The van der Waals surface area contributed by atoms with Crippen molar-refractivity contribution < 1.29 is 4.39 Å². The first-order chi connectivity index (χ1) is 9.81. The lowest BCUT2D eigenvalue weighted by molar-refractivity contribution is 0.169. The maximum absolute atomic E-state index is 13.8. The number of benzene rings is 1. The van der Waals surface area contributed by atoms with Crippen molar-refractivity contribution in [2.24, 2.45) is 0 Å². The van der Waals surface area contributed by atoms with Crippen LogP contribution >= 0.6 is 22.6 Å². The highest BCUT2D eigenvalue weighted by Crippen LogP contribution is 2.23. The van der Waals surface area contributed by atoms with Crippen LogP contribution in [0.2, 0.25) is 0 Å². The van der Waals surface area contributed by atoms with Gasteiger partial charge in [0.25, 0.3) is 0 Å². The van der Waals surface area contributed by atoms with Crippen molar-refractivity contribution in [3.63, 3.8) is 0 Å². The van der Waals surface area contributed by atoms with Crippen molar-refractivity contribution in [2.75, 3.05) is 12.3 Å². The van der Waals surface area contributed by atoms with E-state index in [2.05, 4.69) is 37.6 Å². The maximum atomic E-state index is 13.8. The van der Waals surface area contributed by atoms with Gasteiger partial charge in [-0.3, -0.25) is 4.90 Å². The molecule has 0 amide bonds. The lowest BCUT2D eigenvalue weighted by Gasteiger charge is -2.30. The summed E-state index contributed by atoms with van der Waals surface area (Å²) < 4.78 is 16.3. The monoisotopic (exact) mass is 404 g/mol. The topological polar surface area (TPSA) is 47.1 Å². The van der Waals surface area contributed by atoms with Gasteiger partial charge in [0.1, 0.15) is 5.82 Å². The molecule has 0 saturated heterocycles. The maximum Gasteiger partial charge on any atom is 0.201 e. The molecular formula is C15H22FIN4. The molecule has 4 nitrogen and oxygen atoms in total. The van der Waals surface area contributed by atoms with E-state index in [1.54, 1.807) is 6.07 Å². The molecule has 2 rings (SSSR count). The van der Waals surface area contributed by atoms with Crippen LogP contribution in [0.15, 0.2) is 12.1 Å². The van der Waals surface area contributed by atoms with Crippen LogP contribution in [0, 0.1) is 9.39 Å². The highest BCUT2D eigenvalue weighted by Gasteiger charge is 2.16. The molecule has 0 spiro atoms. The van der Waals surface area contributed by atoms with Crippen LogP contribution in [-0.4, -0.2) is 33.1 Å². The summed E-state index contributed by atoms with van der Waals surface area (Å²) in [5, 5.41) is 0. The van der Waals surface area contributed by atoms with Gasteiger partial charge in [0.05, 0.1) is 14.6 Å². The average Bonchev–Trinajstić information content (AvgIpc) is 2.65. The Kier molecular flexibility index (Phi) is 5.08. The van der Waals surface area contributed by atoms with Gasteiger partial charge in [0.2, 0.25) is 5.95 Å². The van der Waals surface area contributed by atoms with Crippen molar-refractivity contribution in [1.29, 1.82) is 0 Å². The smallest absolute Gasteiger partial charge is 0.201 e. The van der Waals surface area contributed by atoms with Crippen LogP contribution in [-0.2, 0) is 6.54 Å². The van der Waals surface area contributed by atoms with Gasteiger partial charge in [0, 0.05) is 31.2 Å². The number of anilines is 1. The molecule has 0 atom stereocenters. The molecular weight excluding hydrogens is 382 g/mol. The Bertz CT molecular complexity index is 628. The molecule has 0 aliphatic rings. The Labute approximate surface area is 138 Å². The first kappa shape index (κ1) is 16.5. The van der Waals surface area contributed by atoms with E-state index >= 15 is 0 Å². The van der Waals surface area contributed by atoms with Crippen LogP contribution in [0.4, 0.5) is 10.3 Å². The van der Waals surface area contributed by atoms with Gasteiger partial charge in [-0.15, -0.1) is 0 Å².